The molecule has 0 bridgehead atoms. The first kappa shape index (κ1) is 23.2. The van der Waals surface area contributed by atoms with Crippen LogP contribution in [-0.4, -0.2) is 30.0 Å². The van der Waals surface area contributed by atoms with Gasteiger partial charge < -0.3 is 5.32 Å². The lowest BCUT2D eigenvalue weighted by Gasteiger charge is -2.33. The molecule has 1 spiro atoms. The van der Waals surface area contributed by atoms with E-state index in [1.807, 2.05) is 80.6 Å². The van der Waals surface area contributed by atoms with E-state index in [1.165, 1.54) is 22.2 Å². The van der Waals surface area contributed by atoms with E-state index < -0.39 is 4.87 Å². The van der Waals surface area contributed by atoms with Crippen molar-refractivity contribution in [3.63, 3.8) is 0 Å². The van der Waals surface area contributed by atoms with Crippen molar-refractivity contribution in [3.05, 3.63) is 89.0 Å². The molecule has 3 aromatic carbocycles. The molecule has 0 radical (unpaired) electrons. The quantitative estimate of drug-likeness (QED) is 0.565. The van der Waals surface area contributed by atoms with E-state index in [9.17, 15) is 14.4 Å². The average molecular weight is 486 g/mol. The van der Waals surface area contributed by atoms with E-state index in [2.05, 4.69) is 12.2 Å². The molecule has 2 aliphatic heterocycles. The van der Waals surface area contributed by atoms with Crippen molar-refractivity contribution < 1.29 is 14.4 Å². The van der Waals surface area contributed by atoms with E-state index in [4.69, 9.17) is 0 Å². The summed E-state index contributed by atoms with van der Waals surface area (Å²) < 4.78 is 0. The van der Waals surface area contributed by atoms with Gasteiger partial charge >= 0.3 is 0 Å². The Bertz CT molecular complexity index is 1320. The molecule has 178 valence electrons. The number of hydrogen-bond donors (Lipinski definition) is 1. The largest absolute Gasteiger partial charge is 0.325 e. The highest BCUT2D eigenvalue weighted by Gasteiger charge is 2.61. The summed E-state index contributed by atoms with van der Waals surface area (Å²) in [6.45, 7) is 5.89. The topological polar surface area (TPSA) is 69.7 Å². The standard InChI is InChI=1S/C28H27N3O3S/c1-4-20-9-11-21(12-10-20)29-25(32)16-30-24-8-6-5-7-23(24)28(27(30)34)31(26(33)17-35-28)22-14-18(2)13-19(3)15-22/h5-15H,4,16-17H2,1-3H3,(H,29,32). The summed E-state index contributed by atoms with van der Waals surface area (Å²) in [7, 11) is 0. The third kappa shape index (κ3) is 3.90. The van der Waals surface area contributed by atoms with Gasteiger partial charge in [-0.2, -0.15) is 0 Å². The third-order valence-corrected chi connectivity index (χ3v) is 7.86. The summed E-state index contributed by atoms with van der Waals surface area (Å²) in [5.74, 6) is -0.492. The highest BCUT2D eigenvalue weighted by atomic mass is 32.2. The van der Waals surface area contributed by atoms with Gasteiger partial charge in [0.1, 0.15) is 6.54 Å². The number of anilines is 3. The molecule has 1 atom stereocenters. The molecule has 1 fully saturated rings. The molecule has 1 unspecified atom stereocenters. The number of rotatable bonds is 5. The number of aryl methyl sites for hydroxylation is 3. The van der Waals surface area contributed by atoms with E-state index in [0.29, 0.717) is 17.1 Å². The Balaban J connectivity index is 1.50. The summed E-state index contributed by atoms with van der Waals surface area (Å²) in [5.41, 5.74) is 5.99. The zero-order valence-corrected chi connectivity index (χ0v) is 20.8. The van der Waals surface area contributed by atoms with Gasteiger partial charge in [-0.05, 0) is 67.3 Å². The van der Waals surface area contributed by atoms with Crippen LogP contribution in [0.1, 0.15) is 29.2 Å². The van der Waals surface area contributed by atoms with Crippen LogP contribution in [0.15, 0.2) is 66.7 Å². The van der Waals surface area contributed by atoms with Crippen LogP contribution in [0.25, 0.3) is 0 Å². The number of fused-ring (bicyclic) bond motifs is 2. The van der Waals surface area contributed by atoms with Crippen molar-refractivity contribution >= 4 is 46.5 Å². The van der Waals surface area contributed by atoms with Crippen molar-refractivity contribution in [2.45, 2.75) is 32.1 Å². The Hall–Kier alpha value is -3.58. The molecule has 7 heteroatoms. The fourth-order valence-corrected chi connectivity index (χ4v) is 6.32. The number of carbonyl (C=O) groups excluding carboxylic acids is 3. The Morgan fingerprint density at radius 2 is 1.69 bits per heavy atom. The van der Waals surface area contributed by atoms with Gasteiger partial charge in [0.05, 0.1) is 11.4 Å². The average Bonchev–Trinajstić information content (AvgIpc) is 3.30. The van der Waals surface area contributed by atoms with Gasteiger partial charge in [0.15, 0.2) is 0 Å². The highest BCUT2D eigenvalue weighted by Crippen LogP contribution is 2.55. The fourth-order valence-electron chi connectivity index (χ4n) is 4.96. The lowest BCUT2D eigenvalue weighted by molar-refractivity contribution is -0.124. The van der Waals surface area contributed by atoms with Crippen molar-refractivity contribution in [3.8, 4) is 0 Å². The normalized spacial score (nSPS) is 18.9. The molecule has 3 amide bonds. The molecule has 0 aromatic heterocycles. The molecular formula is C28H27N3O3S. The van der Waals surface area contributed by atoms with Crippen LogP contribution < -0.4 is 15.1 Å². The minimum atomic E-state index is -1.23. The zero-order valence-electron chi connectivity index (χ0n) is 20.0. The van der Waals surface area contributed by atoms with Gasteiger partial charge in [-0.3, -0.25) is 24.2 Å². The van der Waals surface area contributed by atoms with Gasteiger partial charge in [-0.15, -0.1) is 11.8 Å². The van der Waals surface area contributed by atoms with E-state index in [1.54, 1.807) is 4.90 Å². The summed E-state index contributed by atoms with van der Waals surface area (Å²) in [4.78, 5) is 42.2. The maximum Gasteiger partial charge on any atom is 0.269 e. The number of hydrogen-bond acceptors (Lipinski definition) is 4. The predicted molar refractivity (Wildman–Crippen MR) is 141 cm³/mol. The second-order valence-corrected chi connectivity index (χ2v) is 10.2. The van der Waals surface area contributed by atoms with Gasteiger partial charge in [0.2, 0.25) is 16.7 Å². The second kappa shape index (κ2) is 8.89. The molecule has 1 saturated heterocycles. The maximum atomic E-state index is 14.1. The van der Waals surface area contributed by atoms with E-state index in [-0.39, 0.29) is 30.0 Å². The Morgan fingerprint density at radius 1 is 1.00 bits per heavy atom. The molecule has 6 nitrogen and oxygen atoms in total. The van der Waals surface area contributed by atoms with Crippen LogP contribution in [0.2, 0.25) is 0 Å². The molecule has 3 aromatic rings. The van der Waals surface area contributed by atoms with Gasteiger partial charge in [0.25, 0.3) is 5.91 Å². The van der Waals surface area contributed by atoms with Crippen LogP contribution in [-0.2, 0) is 25.7 Å². The maximum absolute atomic E-state index is 14.1. The van der Waals surface area contributed by atoms with Crippen molar-refractivity contribution in [2.75, 3.05) is 27.4 Å². The van der Waals surface area contributed by atoms with Gasteiger partial charge in [-0.25, -0.2) is 0 Å². The minimum absolute atomic E-state index is 0.120. The molecule has 0 saturated carbocycles. The summed E-state index contributed by atoms with van der Waals surface area (Å²) >= 11 is 1.32. The van der Waals surface area contributed by atoms with Crippen LogP contribution in [0.3, 0.4) is 0 Å². The number of para-hydroxylation sites is 1. The first-order valence-corrected chi connectivity index (χ1v) is 12.7. The highest BCUT2D eigenvalue weighted by molar-refractivity contribution is 8.02. The molecule has 2 heterocycles. The fraction of sp³-hybridized carbons (Fsp3) is 0.250. The number of nitrogens with zero attached hydrogens (tertiary/aromatic N) is 2. The van der Waals surface area contributed by atoms with Crippen molar-refractivity contribution in [1.29, 1.82) is 0 Å². The van der Waals surface area contributed by atoms with Crippen molar-refractivity contribution in [2.24, 2.45) is 0 Å². The van der Waals surface area contributed by atoms with Crippen LogP contribution in [0.5, 0.6) is 0 Å². The lowest BCUT2D eigenvalue weighted by Crippen LogP contribution is -2.51. The smallest absolute Gasteiger partial charge is 0.269 e. The first-order chi connectivity index (χ1) is 16.8. The second-order valence-electron chi connectivity index (χ2n) is 9.01. The Kier molecular flexibility index (Phi) is 5.89. The monoisotopic (exact) mass is 485 g/mol. The van der Waals surface area contributed by atoms with Crippen LogP contribution in [0.4, 0.5) is 17.1 Å². The number of nitrogens with one attached hydrogen (secondary N) is 1. The zero-order chi connectivity index (χ0) is 24.7. The molecular weight excluding hydrogens is 458 g/mol. The molecule has 2 aliphatic rings. The summed E-state index contributed by atoms with van der Waals surface area (Å²) in [5, 5.41) is 2.90. The Morgan fingerprint density at radius 3 is 2.37 bits per heavy atom. The third-order valence-electron chi connectivity index (χ3n) is 6.48. The molecule has 35 heavy (non-hydrogen) atoms. The summed E-state index contributed by atoms with van der Waals surface area (Å²) in [6, 6.07) is 21.0. The summed E-state index contributed by atoms with van der Waals surface area (Å²) in [6.07, 6.45) is 0.919. The van der Waals surface area contributed by atoms with Gasteiger partial charge in [-0.1, -0.05) is 43.3 Å². The molecule has 1 N–H and O–H groups in total. The number of carbonyl (C=O) groups is 3. The molecule has 5 rings (SSSR count). The first-order valence-electron chi connectivity index (χ1n) is 11.7. The van der Waals surface area contributed by atoms with Crippen molar-refractivity contribution in [1.82, 2.24) is 0 Å². The SMILES string of the molecule is CCc1ccc(NC(=O)CN2C(=O)C3(SCC(=O)N3c3cc(C)cc(C)c3)c3ccccc32)cc1. The lowest BCUT2D eigenvalue weighted by atomic mass is 10.0. The van der Waals surface area contributed by atoms with E-state index in [0.717, 1.165) is 23.1 Å². The Labute approximate surface area is 209 Å². The number of thioether (sulfide) groups is 1. The number of amides is 3. The van der Waals surface area contributed by atoms with Crippen LogP contribution in [0, 0.1) is 13.8 Å². The number of benzene rings is 3. The minimum Gasteiger partial charge on any atom is -0.325 e. The van der Waals surface area contributed by atoms with Crippen LogP contribution >= 0.6 is 11.8 Å². The molecule has 0 aliphatic carbocycles. The predicted octanol–water partition coefficient (Wildman–Crippen LogP) is 4.78. The van der Waals surface area contributed by atoms with Gasteiger partial charge in [0, 0.05) is 16.9 Å². The van der Waals surface area contributed by atoms with E-state index >= 15 is 0 Å².